The quantitative estimate of drug-likeness (QED) is 0.609. The van der Waals surface area contributed by atoms with Crippen molar-refractivity contribution in [2.24, 2.45) is 10.9 Å². The summed E-state index contributed by atoms with van der Waals surface area (Å²) in [5.41, 5.74) is 2.69. The summed E-state index contributed by atoms with van der Waals surface area (Å²) in [6.07, 6.45) is 3.19. The molecule has 1 N–H and O–H groups in total. The van der Waals surface area contributed by atoms with E-state index in [1.807, 2.05) is 0 Å². The third-order valence-electron chi connectivity index (χ3n) is 4.89. The van der Waals surface area contributed by atoms with E-state index in [1.54, 1.807) is 0 Å². The largest absolute Gasteiger partial charge is 0.493 e. The molecular formula is C20H31N3O2. The van der Waals surface area contributed by atoms with Crippen LogP contribution in [0.15, 0.2) is 23.2 Å². The SMILES string of the molecule is CCNC(=NCCc1ccc2c(c1)CCO2)N1CCC(COCC)C1. The molecule has 3 rings (SSSR count). The molecule has 1 saturated heterocycles. The van der Waals surface area contributed by atoms with Crippen molar-refractivity contribution in [3.05, 3.63) is 29.3 Å². The van der Waals surface area contributed by atoms with E-state index >= 15 is 0 Å². The van der Waals surface area contributed by atoms with Crippen molar-refractivity contribution in [3.63, 3.8) is 0 Å². The molecule has 0 amide bonds. The van der Waals surface area contributed by atoms with E-state index in [4.69, 9.17) is 14.5 Å². The molecule has 1 atom stereocenters. The van der Waals surface area contributed by atoms with Crippen molar-refractivity contribution in [2.75, 3.05) is 46.0 Å². The second-order valence-corrected chi connectivity index (χ2v) is 6.79. The number of nitrogens with zero attached hydrogens (tertiary/aromatic N) is 2. The summed E-state index contributed by atoms with van der Waals surface area (Å²) >= 11 is 0. The number of hydrogen-bond acceptors (Lipinski definition) is 3. The topological polar surface area (TPSA) is 46.1 Å². The Bertz CT molecular complexity index is 588. The lowest BCUT2D eigenvalue weighted by molar-refractivity contribution is 0.114. The Balaban J connectivity index is 1.53. The predicted octanol–water partition coefficient (Wildman–Crippen LogP) is 2.49. The van der Waals surface area contributed by atoms with Crippen LogP contribution < -0.4 is 10.1 Å². The van der Waals surface area contributed by atoms with Crippen LogP contribution in [0.25, 0.3) is 0 Å². The summed E-state index contributed by atoms with van der Waals surface area (Å²) in [5, 5.41) is 3.44. The Morgan fingerprint density at radius 3 is 3.16 bits per heavy atom. The summed E-state index contributed by atoms with van der Waals surface area (Å²) in [6.45, 7) is 10.5. The molecule has 25 heavy (non-hydrogen) atoms. The molecular weight excluding hydrogens is 314 g/mol. The average Bonchev–Trinajstić information content (AvgIpc) is 3.28. The number of nitrogens with one attached hydrogen (secondary N) is 1. The van der Waals surface area contributed by atoms with E-state index in [2.05, 4.69) is 42.3 Å². The standard InChI is InChI=1S/C20H31N3O2/c1-3-21-20(23-11-8-17(14-23)15-24-4-2)22-10-7-16-5-6-19-18(13-16)9-12-25-19/h5-6,13,17H,3-4,7-12,14-15H2,1-2H3,(H,21,22). The lowest BCUT2D eigenvalue weighted by Gasteiger charge is -2.21. The van der Waals surface area contributed by atoms with Crippen LogP contribution >= 0.6 is 0 Å². The van der Waals surface area contributed by atoms with Gasteiger partial charge >= 0.3 is 0 Å². The molecule has 0 saturated carbocycles. The minimum Gasteiger partial charge on any atom is -0.493 e. The van der Waals surface area contributed by atoms with Gasteiger partial charge < -0.3 is 19.7 Å². The fraction of sp³-hybridized carbons (Fsp3) is 0.650. The van der Waals surface area contributed by atoms with Crippen molar-refractivity contribution in [1.82, 2.24) is 10.2 Å². The molecule has 0 aliphatic carbocycles. The molecule has 5 nitrogen and oxygen atoms in total. The van der Waals surface area contributed by atoms with Gasteiger partial charge in [-0.25, -0.2) is 0 Å². The molecule has 2 heterocycles. The summed E-state index contributed by atoms with van der Waals surface area (Å²) in [4.78, 5) is 7.24. The fourth-order valence-electron chi connectivity index (χ4n) is 3.56. The molecule has 2 aliphatic heterocycles. The lowest BCUT2D eigenvalue weighted by atomic mass is 10.1. The summed E-state index contributed by atoms with van der Waals surface area (Å²) in [7, 11) is 0. The number of rotatable bonds is 7. The highest BCUT2D eigenvalue weighted by molar-refractivity contribution is 5.80. The van der Waals surface area contributed by atoms with Gasteiger partial charge in [-0.1, -0.05) is 12.1 Å². The smallest absolute Gasteiger partial charge is 0.193 e. The maximum Gasteiger partial charge on any atom is 0.193 e. The van der Waals surface area contributed by atoms with Crippen LogP contribution in [0.3, 0.4) is 0 Å². The number of ether oxygens (including phenoxy) is 2. The maximum atomic E-state index is 5.58. The Morgan fingerprint density at radius 2 is 2.32 bits per heavy atom. The van der Waals surface area contributed by atoms with Crippen LogP contribution in [-0.4, -0.2) is 56.9 Å². The Labute approximate surface area is 151 Å². The van der Waals surface area contributed by atoms with E-state index < -0.39 is 0 Å². The van der Waals surface area contributed by atoms with Gasteiger partial charge in [0.2, 0.25) is 0 Å². The van der Waals surface area contributed by atoms with Gasteiger partial charge in [-0.15, -0.1) is 0 Å². The Morgan fingerprint density at radius 1 is 1.40 bits per heavy atom. The molecule has 0 aromatic heterocycles. The summed E-state index contributed by atoms with van der Waals surface area (Å²) in [6, 6.07) is 6.55. The van der Waals surface area contributed by atoms with Crippen molar-refractivity contribution < 1.29 is 9.47 Å². The number of guanidine groups is 1. The van der Waals surface area contributed by atoms with Gasteiger partial charge in [0.25, 0.3) is 0 Å². The molecule has 0 bridgehead atoms. The molecule has 1 fully saturated rings. The van der Waals surface area contributed by atoms with Crippen LogP contribution in [0, 0.1) is 5.92 Å². The highest BCUT2D eigenvalue weighted by Crippen LogP contribution is 2.26. The predicted molar refractivity (Wildman–Crippen MR) is 101 cm³/mol. The first-order valence-electron chi connectivity index (χ1n) is 9.65. The zero-order chi connectivity index (χ0) is 17.5. The fourth-order valence-corrected chi connectivity index (χ4v) is 3.56. The number of benzene rings is 1. The number of fused-ring (bicyclic) bond motifs is 1. The first kappa shape index (κ1) is 18.1. The van der Waals surface area contributed by atoms with Crippen LogP contribution in [0.2, 0.25) is 0 Å². The van der Waals surface area contributed by atoms with Crippen molar-refractivity contribution in [2.45, 2.75) is 33.1 Å². The summed E-state index contributed by atoms with van der Waals surface area (Å²) < 4.78 is 11.2. The van der Waals surface area contributed by atoms with E-state index in [1.165, 1.54) is 17.5 Å². The van der Waals surface area contributed by atoms with Crippen LogP contribution in [0.4, 0.5) is 0 Å². The molecule has 138 valence electrons. The number of hydrogen-bond donors (Lipinski definition) is 1. The van der Waals surface area contributed by atoms with Gasteiger partial charge in [-0.3, -0.25) is 4.99 Å². The first-order valence-corrected chi connectivity index (χ1v) is 9.65. The minimum atomic E-state index is 0.625. The van der Waals surface area contributed by atoms with Crippen molar-refractivity contribution in [3.8, 4) is 5.75 Å². The van der Waals surface area contributed by atoms with Crippen molar-refractivity contribution >= 4 is 5.96 Å². The summed E-state index contributed by atoms with van der Waals surface area (Å²) in [5.74, 6) is 2.73. The van der Waals surface area contributed by atoms with Gasteiger partial charge in [0.05, 0.1) is 13.2 Å². The van der Waals surface area contributed by atoms with E-state index in [0.717, 1.165) is 70.6 Å². The Hall–Kier alpha value is -1.75. The number of likely N-dealkylation sites (tertiary alicyclic amines) is 1. The number of aliphatic imine (C=N–C) groups is 1. The zero-order valence-electron chi connectivity index (χ0n) is 15.6. The molecule has 1 aromatic carbocycles. The molecule has 1 aromatic rings. The van der Waals surface area contributed by atoms with Crippen LogP contribution in [-0.2, 0) is 17.6 Å². The monoisotopic (exact) mass is 345 g/mol. The first-order chi connectivity index (χ1) is 12.3. The van der Waals surface area contributed by atoms with E-state index in [9.17, 15) is 0 Å². The second-order valence-electron chi connectivity index (χ2n) is 6.79. The van der Waals surface area contributed by atoms with Gasteiger partial charge in [-0.05, 0) is 43.9 Å². The van der Waals surface area contributed by atoms with Gasteiger partial charge in [-0.2, -0.15) is 0 Å². The normalized spacial score (nSPS) is 19.8. The van der Waals surface area contributed by atoms with Gasteiger partial charge in [0, 0.05) is 45.1 Å². The maximum absolute atomic E-state index is 5.58. The molecule has 0 spiro atoms. The molecule has 0 radical (unpaired) electrons. The zero-order valence-corrected chi connectivity index (χ0v) is 15.6. The molecule has 2 aliphatic rings. The third kappa shape index (κ3) is 4.88. The van der Waals surface area contributed by atoms with Crippen molar-refractivity contribution in [1.29, 1.82) is 0 Å². The van der Waals surface area contributed by atoms with Gasteiger partial charge in [0.1, 0.15) is 5.75 Å². The molecule has 1 unspecified atom stereocenters. The lowest BCUT2D eigenvalue weighted by Crippen LogP contribution is -2.40. The third-order valence-corrected chi connectivity index (χ3v) is 4.89. The Kier molecular flexibility index (Phi) is 6.56. The minimum absolute atomic E-state index is 0.625. The average molecular weight is 345 g/mol. The van der Waals surface area contributed by atoms with Crippen LogP contribution in [0.5, 0.6) is 5.75 Å². The van der Waals surface area contributed by atoms with E-state index in [-0.39, 0.29) is 0 Å². The second kappa shape index (κ2) is 9.09. The van der Waals surface area contributed by atoms with Gasteiger partial charge in [0.15, 0.2) is 5.96 Å². The van der Waals surface area contributed by atoms with E-state index in [0.29, 0.717) is 5.92 Å². The van der Waals surface area contributed by atoms with Crippen LogP contribution in [0.1, 0.15) is 31.4 Å². The highest BCUT2D eigenvalue weighted by Gasteiger charge is 2.24. The highest BCUT2D eigenvalue weighted by atomic mass is 16.5. The molecule has 5 heteroatoms.